The summed E-state index contributed by atoms with van der Waals surface area (Å²) < 4.78 is 77.4. The molecule has 8 nitrogen and oxygen atoms in total. The summed E-state index contributed by atoms with van der Waals surface area (Å²) in [6.45, 7) is 0. The van der Waals surface area contributed by atoms with Gasteiger partial charge in [0.1, 0.15) is 17.2 Å². The fraction of sp³-hybridized carbons (Fsp3) is 0.500. The molecule has 2 fully saturated rings. The maximum absolute atomic E-state index is 13.4. The number of carbonyl (C=O) groups excluding carboxylic acids is 1. The minimum Gasteiger partial charge on any atom is -0.383 e. The Morgan fingerprint density at radius 3 is 2.38 bits per heavy atom. The zero-order chi connectivity index (χ0) is 25.0. The van der Waals surface area contributed by atoms with Gasteiger partial charge < -0.3 is 11.1 Å². The van der Waals surface area contributed by atoms with Gasteiger partial charge in [0.15, 0.2) is 0 Å². The molecule has 2 aromatic rings. The number of aromatic nitrogens is 2. The third-order valence-electron chi connectivity index (χ3n) is 6.55. The van der Waals surface area contributed by atoms with Crippen LogP contribution in [-0.4, -0.2) is 35.7 Å². The minimum absolute atomic E-state index is 0.0130. The Morgan fingerprint density at radius 1 is 1.21 bits per heavy atom. The lowest BCUT2D eigenvalue weighted by atomic mass is 9.95. The second-order valence-corrected chi connectivity index (χ2v) is 10.9. The van der Waals surface area contributed by atoms with Crippen LogP contribution < -0.4 is 15.8 Å². The van der Waals surface area contributed by atoms with E-state index in [0.717, 1.165) is 6.07 Å². The normalized spacial score (nSPS) is 24.9. The van der Waals surface area contributed by atoms with Crippen molar-refractivity contribution in [3.8, 4) is 0 Å². The third kappa shape index (κ3) is 4.60. The number of aryl methyl sites for hydroxylation is 1. The van der Waals surface area contributed by atoms with Gasteiger partial charge in [-0.3, -0.25) is 9.48 Å². The van der Waals surface area contributed by atoms with E-state index in [1.807, 2.05) is 0 Å². The summed E-state index contributed by atoms with van der Waals surface area (Å²) in [6.07, 6.45) is 1.62. The third-order valence-corrected chi connectivity index (χ3v) is 8.09. The molecule has 4 N–H and O–H groups in total. The summed E-state index contributed by atoms with van der Waals surface area (Å²) in [5.74, 6) is -1.24. The van der Waals surface area contributed by atoms with Crippen molar-refractivity contribution in [2.24, 2.45) is 18.9 Å². The predicted molar refractivity (Wildman–Crippen MR) is 117 cm³/mol. The standard InChI is InChI=1S/C20H22ClF4N5O3S/c1-30-18(26)16(19(31)27-12-2-3-15(22)14(21)8-12)17(28-30)11-4-9-6-13(7-10(9)5-11)29-34(32,33)20(23,24)25/h2-3,8-11,13,29H,4-7,26H2,1H3,(H,27,31). The van der Waals surface area contributed by atoms with E-state index in [2.05, 4.69) is 10.4 Å². The van der Waals surface area contributed by atoms with Crippen LogP contribution in [0.1, 0.15) is 47.7 Å². The number of carbonyl (C=O) groups is 1. The lowest BCUT2D eigenvalue weighted by molar-refractivity contribution is -0.0451. The highest BCUT2D eigenvalue weighted by atomic mass is 35.5. The maximum atomic E-state index is 13.4. The Morgan fingerprint density at radius 2 is 1.82 bits per heavy atom. The first-order valence-corrected chi connectivity index (χ1v) is 12.3. The first kappa shape index (κ1) is 24.7. The molecule has 1 heterocycles. The molecule has 1 amide bonds. The number of sulfonamides is 1. The van der Waals surface area contributed by atoms with Gasteiger partial charge in [0.25, 0.3) is 5.91 Å². The number of benzene rings is 1. The first-order chi connectivity index (χ1) is 15.8. The largest absolute Gasteiger partial charge is 0.511 e. The molecule has 186 valence electrons. The molecule has 2 aliphatic rings. The van der Waals surface area contributed by atoms with Crippen LogP contribution in [0.25, 0.3) is 0 Å². The van der Waals surface area contributed by atoms with Gasteiger partial charge >= 0.3 is 15.5 Å². The summed E-state index contributed by atoms with van der Waals surface area (Å²) >= 11 is 5.77. The number of alkyl halides is 3. The van der Waals surface area contributed by atoms with Crippen LogP contribution in [0.15, 0.2) is 18.2 Å². The fourth-order valence-corrected chi connectivity index (χ4v) is 6.01. The first-order valence-electron chi connectivity index (χ1n) is 10.4. The van der Waals surface area contributed by atoms with Crippen molar-refractivity contribution < 1.29 is 30.8 Å². The molecule has 0 spiro atoms. The van der Waals surface area contributed by atoms with E-state index in [1.165, 1.54) is 16.8 Å². The van der Waals surface area contributed by atoms with Crippen LogP contribution in [-0.2, 0) is 17.1 Å². The molecule has 2 saturated carbocycles. The number of nitrogens with two attached hydrogens (primary N) is 1. The number of fused-ring (bicyclic) bond motifs is 1. The Labute approximate surface area is 197 Å². The van der Waals surface area contributed by atoms with Gasteiger partial charge in [-0.15, -0.1) is 0 Å². The summed E-state index contributed by atoms with van der Waals surface area (Å²) in [5.41, 5.74) is 1.65. The van der Waals surface area contributed by atoms with Crippen LogP contribution in [0, 0.1) is 17.7 Å². The van der Waals surface area contributed by atoms with E-state index in [1.54, 1.807) is 11.8 Å². The number of anilines is 2. The summed E-state index contributed by atoms with van der Waals surface area (Å²) in [4.78, 5) is 13.0. The number of nitrogens with zero attached hydrogens (tertiary/aromatic N) is 2. The molecule has 0 aliphatic heterocycles. The van der Waals surface area contributed by atoms with Gasteiger partial charge in [-0.05, 0) is 55.7 Å². The molecule has 0 saturated heterocycles. The number of hydrogen-bond acceptors (Lipinski definition) is 5. The van der Waals surface area contributed by atoms with Gasteiger partial charge in [0.05, 0.1) is 10.7 Å². The van der Waals surface area contributed by atoms with E-state index < -0.39 is 33.3 Å². The van der Waals surface area contributed by atoms with E-state index in [4.69, 9.17) is 17.3 Å². The number of amides is 1. The molecule has 2 atom stereocenters. The van der Waals surface area contributed by atoms with Gasteiger partial charge in [-0.25, -0.2) is 17.5 Å². The van der Waals surface area contributed by atoms with Crippen LogP contribution in [0.2, 0.25) is 5.02 Å². The number of nitrogens with one attached hydrogen (secondary N) is 2. The molecule has 0 radical (unpaired) electrons. The molecule has 2 aliphatic carbocycles. The molecule has 4 rings (SSSR count). The van der Waals surface area contributed by atoms with E-state index in [9.17, 15) is 30.8 Å². The van der Waals surface area contributed by atoms with Crippen molar-refractivity contribution in [3.63, 3.8) is 0 Å². The Bertz CT molecular complexity index is 1220. The smallest absolute Gasteiger partial charge is 0.383 e. The molecule has 1 aromatic heterocycles. The highest BCUT2D eigenvalue weighted by molar-refractivity contribution is 7.90. The monoisotopic (exact) mass is 523 g/mol. The quantitative estimate of drug-likeness (QED) is 0.516. The lowest BCUT2D eigenvalue weighted by Gasteiger charge is -2.17. The molecule has 1 aromatic carbocycles. The van der Waals surface area contributed by atoms with E-state index in [0.29, 0.717) is 18.5 Å². The molecule has 0 bridgehead atoms. The van der Waals surface area contributed by atoms with Crippen molar-refractivity contribution in [1.29, 1.82) is 0 Å². The van der Waals surface area contributed by atoms with Crippen molar-refractivity contribution in [3.05, 3.63) is 40.3 Å². The average Bonchev–Trinajstić information content (AvgIpc) is 3.35. The van der Waals surface area contributed by atoms with Gasteiger partial charge in [-0.1, -0.05) is 11.6 Å². The Balaban J connectivity index is 1.48. The topological polar surface area (TPSA) is 119 Å². The van der Waals surface area contributed by atoms with Crippen LogP contribution in [0.5, 0.6) is 0 Å². The van der Waals surface area contributed by atoms with Gasteiger partial charge in [0.2, 0.25) is 0 Å². The fourth-order valence-electron chi connectivity index (χ4n) is 5.07. The average molecular weight is 524 g/mol. The second kappa shape index (κ2) is 8.68. The van der Waals surface area contributed by atoms with Gasteiger partial charge in [0, 0.05) is 24.7 Å². The second-order valence-electron chi connectivity index (χ2n) is 8.78. The summed E-state index contributed by atoms with van der Waals surface area (Å²) in [7, 11) is -3.82. The van der Waals surface area contributed by atoms with Crippen LogP contribution >= 0.6 is 11.6 Å². The Hall–Kier alpha value is -2.38. The van der Waals surface area contributed by atoms with Crippen molar-refractivity contribution in [2.45, 2.75) is 43.2 Å². The molecule has 2 unspecified atom stereocenters. The highest BCUT2D eigenvalue weighted by Gasteiger charge is 2.50. The zero-order valence-electron chi connectivity index (χ0n) is 17.9. The predicted octanol–water partition coefficient (Wildman–Crippen LogP) is 3.76. The summed E-state index contributed by atoms with van der Waals surface area (Å²) in [5, 5.41) is 6.89. The van der Waals surface area contributed by atoms with Gasteiger partial charge in [-0.2, -0.15) is 18.3 Å². The molecular weight excluding hydrogens is 502 g/mol. The van der Waals surface area contributed by atoms with Crippen LogP contribution in [0.4, 0.5) is 29.1 Å². The lowest BCUT2D eigenvalue weighted by Crippen LogP contribution is -2.41. The number of halogens is 5. The summed E-state index contributed by atoms with van der Waals surface area (Å²) in [6, 6.07) is 2.95. The highest BCUT2D eigenvalue weighted by Crippen LogP contribution is 2.51. The van der Waals surface area contributed by atoms with E-state index in [-0.39, 0.29) is 52.7 Å². The zero-order valence-corrected chi connectivity index (χ0v) is 19.4. The minimum atomic E-state index is -5.40. The Kier molecular flexibility index (Phi) is 6.32. The molecular formula is C20H22ClF4N5O3S. The SMILES string of the molecule is Cn1nc(C2CC3CC(NS(=O)(=O)C(F)(F)F)CC3C2)c(C(=O)Nc2ccc(F)c(Cl)c2)c1N. The number of hydrogen-bond donors (Lipinski definition) is 3. The molecule has 14 heteroatoms. The maximum Gasteiger partial charge on any atom is 0.511 e. The molecule has 34 heavy (non-hydrogen) atoms. The van der Waals surface area contributed by atoms with Crippen molar-refractivity contribution >= 4 is 39.0 Å². The van der Waals surface area contributed by atoms with Crippen LogP contribution in [0.3, 0.4) is 0 Å². The van der Waals surface area contributed by atoms with Crippen molar-refractivity contribution in [2.75, 3.05) is 11.1 Å². The number of rotatable bonds is 5. The number of nitrogen functional groups attached to an aromatic ring is 1. The van der Waals surface area contributed by atoms with Crippen molar-refractivity contribution in [1.82, 2.24) is 14.5 Å². The van der Waals surface area contributed by atoms with E-state index >= 15 is 0 Å².